The molecule has 0 aromatic heterocycles. The molecule has 12 nitrogen and oxygen atoms in total. The molecule has 6 aromatic carbocycles. The number of phenols is 8. The van der Waals surface area contributed by atoms with Crippen molar-refractivity contribution in [2.75, 3.05) is 14.2 Å². The molecule has 0 radical (unpaired) electrons. The number of allylic oxidation sites excluding steroid dienone is 1. The van der Waals surface area contributed by atoms with Gasteiger partial charge >= 0.3 is 0 Å². The van der Waals surface area contributed by atoms with Gasteiger partial charge in [0.15, 0.2) is 23.0 Å². The number of rotatable bonds is 8. The predicted octanol–water partition coefficient (Wildman–Crippen LogP) is 7.58. The lowest BCUT2D eigenvalue weighted by atomic mass is 9.79. The Morgan fingerprint density at radius 3 is 1.67 bits per heavy atom. The van der Waals surface area contributed by atoms with E-state index in [-0.39, 0.29) is 57.5 Å². The summed E-state index contributed by atoms with van der Waals surface area (Å²) in [5.41, 5.74) is 5.18. The van der Waals surface area contributed by atoms with Gasteiger partial charge in [0.25, 0.3) is 0 Å². The summed E-state index contributed by atoms with van der Waals surface area (Å²) in [5.74, 6) is -2.74. The van der Waals surface area contributed by atoms with Gasteiger partial charge in [-0.05, 0) is 106 Å². The highest BCUT2D eigenvalue weighted by Gasteiger charge is 2.43. The van der Waals surface area contributed by atoms with Crippen molar-refractivity contribution in [3.8, 4) is 63.2 Å². The van der Waals surface area contributed by atoms with Crippen LogP contribution in [-0.4, -0.2) is 60.2 Å². The number of aromatic hydroxyl groups is 8. The molecule has 0 saturated carbocycles. The Morgan fingerprint density at radius 2 is 1.09 bits per heavy atom. The fourth-order valence-corrected chi connectivity index (χ4v) is 8.42. The zero-order chi connectivity index (χ0) is 40.3. The summed E-state index contributed by atoms with van der Waals surface area (Å²) in [6.45, 7) is -0.444. The van der Waals surface area contributed by atoms with Gasteiger partial charge in [-0.1, -0.05) is 18.2 Å². The van der Waals surface area contributed by atoms with Gasteiger partial charge in [0.2, 0.25) is 0 Å². The summed E-state index contributed by atoms with van der Waals surface area (Å²) in [6, 6.07) is 24.3. The van der Waals surface area contributed by atoms with Crippen molar-refractivity contribution in [1.29, 1.82) is 0 Å². The Bertz CT molecular complexity index is 2560. The average Bonchev–Trinajstić information content (AvgIpc) is 3.70. The molecule has 0 unspecified atom stereocenters. The molecule has 290 valence electrons. The fraction of sp³-hybridized carbons (Fsp3) is 0.156. The largest absolute Gasteiger partial charge is 0.508 e. The SMILES string of the molecule is COc1cc([C@@H]2c3c(O)cc(O)cc3C(=Cc3cc(CO)c4c(c3)[C@H](c3cc(O)cc(O)c3)[C@@H](c3ccc(O)c(OC)c3)O4)[C@H]2c2cc(O)cc(O)c2)ccc1O. The van der Waals surface area contributed by atoms with E-state index in [1.54, 1.807) is 30.3 Å². The number of hydrogen-bond donors (Lipinski definition) is 9. The second-order valence-electron chi connectivity index (χ2n) is 14.2. The predicted molar refractivity (Wildman–Crippen MR) is 209 cm³/mol. The van der Waals surface area contributed by atoms with Crippen LogP contribution in [0.1, 0.15) is 73.9 Å². The minimum Gasteiger partial charge on any atom is -0.508 e. The van der Waals surface area contributed by atoms with Crippen molar-refractivity contribution in [2.24, 2.45) is 0 Å². The first kappa shape index (κ1) is 36.8. The van der Waals surface area contributed by atoms with Gasteiger partial charge in [-0.25, -0.2) is 0 Å². The second-order valence-corrected chi connectivity index (χ2v) is 14.2. The van der Waals surface area contributed by atoms with Gasteiger partial charge in [0.05, 0.1) is 26.7 Å². The third-order valence-electron chi connectivity index (χ3n) is 10.7. The Kier molecular flexibility index (Phi) is 9.13. The highest BCUT2D eigenvalue weighted by Crippen LogP contribution is 2.60. The van der Waals surface area contributed by atoms with E-state index >= 15 is 0 Å². The van der Waals surface area contributed by atoms with Gasteiger partial charge in [-0.2, -0.15) is 0 Å². The molecule has 1 aliphatic carbocycles. The summed E-state index contributed by atoms with van der Waals surface area (Å²) in [7, 11) is 2.84. The highest BCUT2D eigenvalue weighted by atomic mass is 16.5. The van der Waals surface area contributed by atoms with Crippen molar-refractivity contribution in [1.82, 2.24) is 0 Å². The lowest BCUT2D eigenvalue weighted by molar-refractivity contribution is 0.211. The van der Waals surface area contributed by atoms with Crippen molar-refractivity contribution in [3.63, 3.8) is 0 Å². The number of hydrogen-bond acceptors (Lipinski definition) is 12. The Hall–Kier alpha value is -7.18. The van der Waals surface area contributed by atoms with Crippen molar-refractivity contribution in [2.45, 2.75) is 30.5 Å². The van der Waals surface area contributed by atoms with Gasteiger partial charge in [0.1, 0.15) is 46.4 Å². The quantitative estimate of drug-likeness (QED) is 0.0734. The standard InChI is InChI=1S/C45H38O12/c1-55-38-14-22(3-5-35(38)52)42-40(24-10-27(47)16-28(48)11-24)32(33-18-31(51)19-37(54)43(33)42)8-21-7-26(20-46)44-34(9-21)41(25-12-29(49)17-30(50)13-25)45(57-44)23-4-6-36(53)39(15-23)56-2/h3-19,40-42,45-54H,20H2,1-2H3/t40-,41+,42+,45-/m1/s1. The van der Waals surface area contributed by atoms with E-state index in [2.05, 4.69) is 0 Å². The van der Waals surface area contributed by atoms with E-state index in [1.807, 2.05) is 12.1 Å². The van der Waals surface area contributed by atoms with E-state index in [1.165, 1.54) is 74.9 Å². The molecule has 6 aromatic rings. The lowest BCUT2D eigenvalue weighted by Gasteiger charge is -2.24. The molecule has 2 aliphatic rings. The van der Waals surface area contributed by atoms with Crippen LogP contribution in [0.3, 0.4) is 0 Å². The summed E-state index contributed by atoms with van der Waals surface area (Å²) in [6.07, 6.45) is 1.05. The third kappa shape index (κ3) is 6.45. The molecule has 0 fully saturated rings. The van der Waals surface area contributed by atoms with Crippen LogP contribution in [0.2, 0.25) is 0 Å². The summed E-state index contributed by atoms with van der Waals surface area (Å²) >= 11 is 0. The maximum Gasteiger partial charge on any atom is 0.160 e. The molecular formula is C45H38O12. The Balaban J connectivity index is 1.38. The van der Waals surface area contributed by atoms with Crippen LogP contribution in [0.25, 0.3) is 11.6 Å². The maximum atomic E-state index is 11.5. The van der Waals surface area contributed by atoms with Crippen molar-refractivity contribution < 1.29 is 60.2 Å². The topological polar surface area (TPSA) is 210 Å². The molecule has 8 rings (SSSR count). The van der Waals surface area contributed by atoms with Gasteiger partial charge < -0.3 is 60.2 Å². The molecule has 0 bridgehead atoms. The van der Waals surface area contributed by atoms with E-state index in [9.17, 15) is 46.0 Å². The Morgan fingerprint density at radius 1 is 0.544 bits per heavy atom. The number of ether oxygens (including phenoxy) is 3. The number of benzene rings is 6. The second kappa shape index (κ2) is 14.2. The number of aliphatic hydroxyl groups is 1. The van der Waals surface area contributed by atoms with Gasteiger partial charge in [0, 0.05) is 46.7 Å². The molecule has 9 N–H and O–H groups in total. The van der Waals surface area contributed by atoms with Gasteiger partial charge in [-0.15, -0.1) is 0 Å². The first-order valence-corrected chi connectivity index (χ1v) is 17.9. The van der Waals surface area contributed by atoms with E-state index in [4.69, 9.17) is 14.2 Å². The Labute approximate surface area is 326 Å². The molecule has 4 atom stereocenters. The molecule has 0 spiro atoms. The zero-order valence-electron chi connectivity index (χ0n) is 30.6. The van der Waals surface area contributed by atoms with E-state index < -0.39 is 30.5 Å². The lowest BCUT2D eigenvalue weighted by Crippen LogP contribution is -2.11. The van der Waals surface area contributed by atoms with Crippen LogP contribution >= 0.6 is 0 Å². The fourth-order valence-electron chi connectivity index (χ4n) is 8.42. The number of aliphatic hydroxyl groups excluding tert-OH is 1. The highest BCUT2D eigenvalue weighted by molar-refractivity contribution is 5.93. The minimum absolute atomic E-state index is 0.0825. The van der Waals surface area contributed by atoms with E-state index in [0.29, 0.717) is 61.4 Å². The van der Waals surface area contributed by atoms with Crippen molar-refractivity contribution in [3.05, 3.63) is 147 Å². The average molecular weight is 771 g/mol. The van der Waals surface area contributed by atoms with Crippen LogP contribution in [-0.2, 0) is 6.61 Å². The number of methoxy groups -OCH3 is 2. The van der Waals surface area contributed by atoms with Crippen LogP contribution in [0.15, 0.2) is 97.1 Å². The first-order chi connectivity index (χ1) is 27.4. The minimum atomic E-state index is -0.776. The van der Waals surface area contributed by atoms with Gasteiger partial charge in [-0.3, -0.25) is 0 Å². The monoisotopic (exact) mass is 770 g/mol. The third-order valence-corrected chi connectivity index (χ3v) is 10.7. The smallest absolute Gasteiger partial charge is 0.160 e. The molecule has 1 heterocycles. The zero-order valence-corrected chi connectivity index (χ0v) is 30.6. The number of fused-ring (bicyclic) bond motifs is 2. The molecule has 12 heteroatoms. The summed E-state index contributed by atoms with van der Waals surface area (Å²) < 4.78 is 17.4. The summed E-state index contributed by atoms with van der Waals surface area (Å²) in [5, 5.41) is 96.7. The first-order valence-electron chi connectivity index (χ1n) is 17.9. The molecule has 1 aliphatic heterocycles. The number of phenolic OH excluding ortho intramolecular Hbond substituents is 8. The molecule has 57 heavy (non-hydrogen) atoms. The van der Waals surface area contributed by atoms with Crippen LogP contribution in [0.5, 0.6) is 63.2 Å². The van der Waals surface area contributed by atoms with Crippen molar-refractivity contribution >= 4 is 11.6 Å². The molecule has 0 amide bonds. The molecular weight excluding hydrogens is 732 g/mol. The van der Waals surface area contributed by atoms with Crippen LogP contribution < -0.4 is 14.2 Å². The maximum absolute atomic E-state index is 11.5. The normalized spacial score (nSPS) is 18.9. The molecule has 0 saturated heterocycles. The van der Waals surface area contributed by atoms with Crippen LogP contribution in [0.4, 0.5) is 0 Å². The van der Waals surface area contributed by atoms with Crippen LogP contribution in [0, 0.1) is 0 Å². The van der Waals surface area contributed by atoms with E-state index in [0.717, 1.165) is 0 Å². The summed E-state index contributed by atoms with van der Waals surface area (Å²) in [4.78, 5) is 0.